The van der Waals surface area contributed by atoms with Crippen molar-refractivity contribution in [2.24, 2.45) is 0 Å². The summed E-state index contributed by atoms with van der Waals surface area (Å²) < 4.78 is 60.8. The third-order valence-corrected chi connectivity index (χ3v) is 5.02. The fourth-order valence-corrected chi connectivity index (χ4v) is 3.41. The predicted molar refractivity (Wildman–Crippen MR) is 115 cm³/mol. The average molecular weight is 456 g/mol. The monoisotopic (exact) mass is 456 g/mol. The van der Waals surface area contributed by atoms with Crippen LogP contribution in [0.1, 0.15) is 5.56 Å². The van der Waals surface area contributed by atoms with E-state index in [0.717, 1.165) is 12.1 Å². The van der Waals surface area contributed by atoms with Crippen molar-refractivity contribution in [3.05, 3.63) is 66.2 Å². The molecule has 0 radical (unpaired) electrons. The molecule has 1 aromatic heterocycles. The molecule has 4 rings (SSSR count). The molecule has 4 aromatic rings. The molecule has 9 heteroatoms. The van der Waals surface area contributed by atoms with Crippen molar-refractivity contribution in [1.82, 2.24) is 10.2 Å². The topological polar surface area (TPSA) is 66.6 Å². The standard InChI is InChI=1S/C24H19F3N2O4/c1-30-19-12-15(13-20(31-2)21(19)32-3)22-28-29-23(33-22)18-7-5-4-6-17(18)14-8-10-16(11-9-14)24(25,26)27/h4-13H,1-3H3. The van der Waals surface area contributed by atoms with E-state index >= 15 is 0 Å². The van der Waals surface area contributed by atoms with Gasteiger partial charge in [-0.1, -0.05) is 30.3 Å². The van der Waals surface area contributed by atoms with Gasteiger partial charge in [-0.15, -0.1) is 10.2 Å². The molecule has 0 fully saturated rings. The van der Waals surface area contributed by atoms with Gasteiger partial charge >= 0.3 is 6.18 Å². The van der Waals surface area contributed by atoms with Gasteiger partial charge in [-0.25, -0.2) is 0 Å². The quantitative estimate of drug-likeness (QED) is 0.349. The van der Waals surface area contributed by atoms with Crippen molar-refractivity contribution in [1.29, 1.82) is 0 Å². The van der Waals surface area contributed by atoms with Crippen molar-refractivity contribution >= 4 is 0 Å². The van der Waals surface area contributed by atoms with E-state index in [-0.39, 0.29) is 11.8 Å². The number of ether oxygens (including phenoxy) is 3. The smallest absolute Gasteiger partial charge is 0.416 e. The van der Waals surface area contributed by atoms with Crippen LogP contribution in [0.4, 0.5) is 13.2 Å². The van der Waals surface area contributed by atoms with Gasteiger partial charge in [-0.05, 0) is 41.5 Å². The van der Waals surface area contributed by atoms with Crippen molar-refractivity contribution in [3.8, 4) is 51.3 Å². The molecule has 0 bridgehead atoms. The molecule has 0 atom stereocenters. The van der Waals surface area contributed by atoms with E-state index in [9.17, 15) is 13.2 Å². The van der Waals surface area contributed by atoms with Crippen LogP contribution in [0.3, 0.4) is 0 Å². The summed E-state index contributed by atoms with van der Waals surface area (Å²) >= 11 is 0. The summed E-state index contributed by atoms with van der Waals surface area (Å²) in [5, 5.41) is 8.28. The van der Waals surface area contributed by atoms with Gasteiger partial charge in [0.2, 0.25) is 17.5 Å². The Hall–Kier alpha value is -4.01. The first kappa shape index (κ1) is 22.2. The average Bonchev–Trinajstić information content (AvgIpc) is 3.33. The molecule has 0 amide bonds. The second-order valence-corrected chi connectivity index (χ2v) is 6.95. The maximum Gasteiger partial charge on any atom is 0.416 e. The second kappa shape index (κ2) is 8.85. The number of rotatable bonds is 6. The molecule has 170 valence electrons. The van der Waals surface area contributed by atoms with Crippen LogP contribution in [0, 0.1) is 0 Å². The number of methoxy groups -OCH3 is 3. The molecule has 6 nitrogen and oxygen atoms in total. The van der Waals surface area contributed by atoms with E-state index in [4.69, 9.17) is 18.6 Å². The van der Waals surface area contributed by atoms with E-state index < -0.39 is 11.7 Å². The molecular weight excluding hydrogens is 437 g/mol. The molecule has 1 heterocycles. The van der Waals surface area contributed by atoms with Crippen LogP contribution in [0.2, 0.25) is 0 Å². The number of halogens is 3. The minimum atomic E-state index is -4.40. The first-order valence-electron chi connectivity index (χ1n) is 9.76. The van der Waals surface area contributed by atoms with Gasteiger partial charge in [0.25, 0.3) is 0 Å². The highest BCUT2D eigenvalue weighted by Crippen LogP contribution is 2.42. The maximum absolute atomic E-state index is 12.9. The van der Waals surface area contributed by atoms with Crippen LogP contribution in [-0.4, -0.2) is 31.5 Å². The Kier molecular flexibility index (Phi) is 5.95. The van der Waals surface area contributed by atoms with E-state index in [1.165, 1.54) is 33.5 Å². The fourth-order valence-electron chi connectivity index (χ4n) is 3.41. The van der Waals surface area contributed by atoms with Crippen molar-refractivity contribution in [2.45, 2.75) is 6.18 Å². The SMILES string of the molecule is COc1cc(-c2nnc(-c3ccccc3-c3ccc(C(F)(F)F)cc3)o2)cc(OC)c1OC. The summed E-state index contributed by atoms with van der Waals surface area (Å²) in [6.45, 7) is 0. The van der Waals surface area contributed by atoms with Gasteiger partial charge in [-0.3, -0.25) is 0 Å². The van der Waals surface area contributed by atoms with E-state index in [1.807, 2.05) is 0 Å². The van der Waals surface area contributed by atoms with Gasteiger partial charge in [0.15, 0.2) is 11.5 Å². The minimum absolute atomic E-state index is 0.214. The predicted octanol–water partition coefficient (Wildman–Crippen LogP) is 6.12. The van der Waals surface area contributed by atoms with Crippen LogP contribution in [0.5, 0.6) is 17.2 Å². The van der Waals surface area contributed by atoms with E-state index in [0.29, 0.717) is 39.5 Å². The summed E-state index contributed by atoms with van der Waals surface area (Å²) in [7, 11) is 4.50. The molecular formula is C24H19F3N2O4. The lowest BCUT2D eigenvalue weighted by Crippen LogP contribution is -2.04. The van der Waals surface area contributed by atoms with Gasteiger partial charge in [0, 0.05) is 11.1 Å². The zero-order valence-electron chi connectivity index (χ0n) is 17.9. The first-order valence-corrected chi connectivity index (χ1v) is 9.76. The lowest BCUT2D eigenvalue weighted by atomic mass is 9.98. The van der Waals surface area contributed by atoms with Crippen molar-refractivity contribution in [2.75, 3.05) is 21.3 Å². The molecule has 0 aliphatic carbocycles. The van der Waals surface area contributed by atoms with Crippen LogP contribution in [0.25, 0.3) is 34.0 Å². The maximum atomic E-state index is 12.9. The Morgan fingerprint density at radius 1 is 0.697 bits per heavy atom. The number of benzene rings is 3. The molecule has 0 aliphatic rings. The molecule has 0 saturated carbocycles. The lowest BCUT2D eigenvalue weighted by Gasteiger charge is -2.12. The largest absolute Gasteiger partial charge is 0.493 e. The van der Waals surface area contributed by atoms with Crippen LogP contribution in [-0.2, 0) is 6.18 Å². The van der Waals surface area contributed by atoms with Crippen LogP contribution >= 0.6 is 0 Å². The summed E-state index contributed by atoms with van der Waals surface area (Å²) in [4.78, 5) is 0. The third kappa shape index (κ3) is 4.34. The lowest BCUT2D eigenvalue weighted by molar-refractivity contribution is -0.137. The highest BCUT2D eigenvalue weighted by atomic mass is 19.4. The summed E-state index contributed by atoms with van der Waals surface area (Å²) in [5.41, 5.74) is 1.67. The Morgan fingerprint density at radius 3 is 1.82 bits per heavy atom. The highest BCUT2D eigenvalue weighted by Gasteiger charge is 2.30. The van der Waals surface area contributed by atoms with Gasteiger partial charge in [0.05, 0.1) is 26.9 Å². The normalized spacial score (nSPS) is 11.3. The Balaban J connectivity index is 1.74. The number of nitrogens with zero attached hydrogens (tertiary/aromatic N) is 2. The van der Waals surface area contributed by atoms with Crippen LogP contribution in [0.15, 0.2) is 65.1 Å². The number of alkyl halides is 3. The van der Waals surface area contributed by atoms with E-state index in [1.54, 1.807) is 36.4 Å². The Bertz CT molecular complexity index is 1240. The highest BCUT2D eigenvalue weighted by molar-refractivity contribution is 5.80. The number of aromatic nitrogens is 2. The van der Waals surface area contributed by atoms with Gasteiger partial charge < -0.3 is 18.6 Å². The van der Waals surface area contributed by atoms with Crippen molar-refractivity contribution in [3.63, 3.8) is 0 Å². The molecule has 0 N–H and O–H groups in total. The fraction of sp³-hybridized carbons (Fsp3) is 0.167. The third-order valence-electron chi connectivity index (χ3n) is 5.02. The number of hydrogen-bond donors (Lipinski definition) is 0. The summed E-state index contributed by atoms with van der Waals surface area (Å²) in [6.07, 6.45) is -4.40. The molecule has 0 unspecified atom stereocenters. The number of hydrogen-bond acceptors (Lipinski definition) is 6. The summed E-state index contributed by atoms with van der Waals surface area (Å²) in [5.74, 6) is 1.71. The minimum Gasteiger partial charge on any atom is -0.493 e. The van der Waals surface area contributed by atoms with Gasteiger partial charge in [0.1, 0.15) is 0 Å². The Labute approximate surface area is 187 Å². The Morgan fingerprint density at radius 2 is 1.27 bits per heavy atom. The summed E-state index contributed by atoms with van der Waals surface area (Å²) in [6, 6.07) is 15.4. The molecule has 0 spiro atoms. The zero-order valence-corrected chi connectivity index (χ0v) is 17.9. The molecule has 3 aromatic carbocycles. The van der Waals surface area contributed by atoms with E-state index in [2.05, 4.69) is 10.2 Å². The molecule has 33 heavy (non-hydrogen) atoms. The van der Waals surface area contributed by atoms with Crippen molar-refractivity contribution < 1.29 is 31.8 Å². The molecule has 0 aliphatic heterocycles. The van der Waals surface area contributed by atoms with Crippen LogP contribution < -0.4 is 14.2 Å². The van der Waals surface area contributed by atoms with Gasteiger partial charge in [-0.2, -0.15) is 13.2 Å². The molecule has 0 saturated heterocycles. The zero-order chi connectivity index (χ0) is 23.6. The first-order chi connectivity index (χ1) is 15.9. The second-order valence-electron chi connectivity index (χ2n) is 6.95.